The number of hydrogen-bond acceptors (Lipinski definition) is 7. The summed E-state index contributed by atoms with van der Waals surface area (Å²) in [5.74, 6) is -0.989. The van der Waals surface area contributed by atoms with Crippen LogP contribution in [0.15, 0.2) is 35.2 Å². The summed E-state index contributed by atoms with van der Waals surface area (Å²) in [6, 6.07) is 7.96. The Morgan fingerprint density at radius 2 is 1.90 bits per heavy atom. The minimum atomic E-state index is -3.57. The van der Waals surface area contributed by atoms with Gasteiger partial charge in [0.1, 0.15) is 0 Å². The molecule has 0 aliphatic carbocycles. The van der Waals surface area contributed by atoms with Crippen molar-refractivity contribution in [2.45, 2.75) is 24.3 Å². The molecule has 2 aromatic rings. The van der Waals surface area contributed by atoms with Crippen molar-refractivity contribution in [2.75, 3.05) is 26.1 Å². The Morgan fingerprint density at radius 3 is 2.65 bits per heavy atom. The van der Waals surface area contributed by atoms with Gasteiger partial charge in [0, 0.05) is 32.1 Å². The number of phenols is 1. The van der Waals surface area contributed by atoms with E-state index >= 15 is 0 Å². The minimum absolute atomic E-state index is 0.0233. The summed E-state index contributed by atoms with van der Waals surface area (Å²) in [4.78, 5) is 26.6. The van der Waals surface area contributed by atoms with Crippen LogP contribution in [-0.2, 0) is 27.6 Å². The van der Waals surface area contributed by atoms with E-state index in [9.17, 15) is 23.1 Å². The molecule has 2 heterocycles. The molecule has 2 N–H and O–H groups in total. The van der Waals surface area contributed by atoms with Gasteiger partial charge in [-0.1, -0.05) is 18.2 Å². The summed E-state index contributed by atoms with van der Waals surface area (Å²) in [6.45, 7) is 0.378. The van der Waals surface area contributed by atoms with Gasteiger partial charge in [0.25, 0.3) is 5.91 Å². The lowest BCUT2D eigenvalue weighted by atomic mass is 9.91. The van der Waals surface area contributed by atoms with Crippen LogP contribution >= 0.6 is 0 Å². The van der Waals surface area contributed by atoms with Gasteiger partial charge in [0.15, 0.2) is 21.3 Å². The molecule has 2 amide bonds. The standard InChI is InChI=1S/C21H22N2O7S/c1-23-9-7-14-15(19-20(30-12-29-19)18(25)17(14)21(23)26)11-22-16(24)8-10-31(27,28)13-5-3-2-4-6-13/h2-6,25H,7-12H2,1H3,(H,22,24). The number of ether oxygens (including phenoxy) is 2. The number of hydrogen-bond donors (Lipinski definition) is 2. The zero-order chi connectivity index (χ0) is 22.2. The van der Waals surface area contributed by atoms with E-state index in [4.69, 9.17) is 9.47 Å². The Kier molecular flexibility index (Phi) is 5.48. The first-order valence-electron chi connectivity index (χ1n) is 9.76. The van der Waals surface area contributed by atoms with Gasteiger partial charge in [-0.2, -0.15) is 0 Å². The van der Waals surface area contributed by atoms with Crippen molar-refractivity contribution >= 4 is 21.7 Å². The van der Waals surface area contributed by atoms with Gasteiger partial charge in [-0.25, -0.2) is 8.42 Å². The molecule has 0 aromatic heterocycles. The molecule has 10 heteroatoms. The number of carbonyl (C=O) groups excluding carboxylic acids is 2. The summed E-state index contributed by atoms with van der Waals surface area (Å²) < 4.78 is 35.6. The van der Waals surface area contributed by atoms with E-state index in [1.54, 1.807) is 25.2 Å². The number of fused-ring (bicyclic) bond motifs is 2. The number of aromatic hydroxyl groups is 1. The number of carbonyl (C=O) groups is 2. The molecule has 31 heavy (non-hydrogen) atoms. The normalized spacial score (nSPS) is 15.0. The van der Waals surface area contributed by atoms with Crippen molar-refractivity contribution in [1.82, 2.24) is 10.2 Å². The summed E-state index contributed by atoms with van der Waals surface area (Å²) in [5.41, 5.74) is 1.30. The molecule has 0 unspecified atom stereocenters. The minimum Gasteiger partial charge on any atom is -0.504 e. The zero-order valence-corrected chi connectivity index (χ0v) is 17.7. The number of nitrogens with one attached hydrogen (secondary N) is 1. The Balaban J connectivity index is 1.51. The van der Waals surface area contributed by atoms with E-state index in [-0.39, 0.29) is 53.4 Å². The first-order chi connectivity index (χ1) is 14.8. The number of amides is 2. The molecule has 0 fully saturated rings. The molecular formula is C21H22N2O7S. The van der Waals surface area contributed by atoms with Gasteiger partial charge in [-0.15, -0.1) is 0 Å². The molecule has 2 aromatic carbocycles. The third-order valence-corrected chi connectivity index (χ3v) is 7.16. The molecule has 0 saturated carbocycles. The fraction of sp³-hybridized carbons (Fsp3) is 0.333. The molecule has 164 valence electrons. The van der Waals surface area contributed by atoms with Crippen LogP contribution in [0.1, 0.15) is 27.9 Å². The highest BCUT2D eigenvalue weighted by atomic mass is 32.2. The van der Waals surface area contributed by atoms with Crippen LogP contribution in [-0.4, -0.2) is 56.4 Å². The van der Waals surface area contributed by atoms with Crippen molar-refractivity contribution in [1.29, 1.82) is 0 Å². The quantitative estimate of drug-likeness (QED) is 0.684. The maximum Gasteiger partial charge on any atom is 0.257 e. The maximum atomic E-state index is 12.6. The van der Waals surface area contributed by atoms with E-state index in [0.717, 1.165) is 0 Å². The largest absolute Gasteiger partial charge is 0.504 e. The van der Waals surface area contributed by atoms with Gasteiger partial charge in [-0.3, -0.25) is 9.59 Å². The van der Waals surface area contributed by atoms with Crippen LogP contribution in [0.2, 0.25) is 0 Å². The summed E-state index contributed by atoms with van der Waals surface area (Å²) in [6.07, 6.45) is 0.272. The zero-order valence-electron chi connectivity index (χ0n) is 16.9. The van der Waals surface area contributed by atoms with Crippen LogP contribution in [0, 0.1) is 0 Å². The molecule has 2 aliphatic rings. The van der Waals surface area contributed by atoms with Crippen molar-refractivity contribution in [2.24, 2.45) is 0 Å². The Hall–Kier alpha value is -3.27. The Bertz CT molecular complexity index is 1150. The molecule has 2 aliphatic heterocycles. The highest BCUT2D eigenvalue weighted by molar-refractivity contribution is 7.91. The number of sulfone groups is 1. The van der Waals surface area contributed by atoms with E-state index in [2.05, 4.69) is 5.32 Å². The van der Waals surface area contributed by atoms with Crippen LogP contribution in [0.25, 0.3) is 0 Å². The molecule has 0 saturated heterocycles. The van der Waals surface area contributed by atoms with E-state index in [1.165, 1.54) is 17.0 Å². The van der Waals surface area contributed by atoms with Crippen LogP contribution < -0.4 is 14.8 Å². The first-order valence-corrected chi connectivity index (χ1v) is 11.4. The van der Waals surface area contributed by atoms with Gasteiger partial charge in [0.05, 0.1) is 16.2 Å². The number of nitrogens with zero attached hydrogens (tertiary/aromatic N) is 1. The maximum absolute atomic E-state index is 12.6. The fourth-order valence-electron chi connectivity index (χ4n) is 3.74. The summed E-state index contributed by atoms with van der Waals surface area (Å²) in [7, 11) is -1.93. The van der Waals surface area contributed by atoms with Crippen LogP contribution in [0.5, 0.6) is 17.2 Å². The smallest absolute Gasteiger partial charge is 0.257 e. The third-order valence-electron chi connectivity index (χ3n) is 5.43. The molecule has 0 radical (unpaired) electrons. The van der Waals surface area contributed by atoms with Crippen molar-refractivity contribution in [3.05, 3.63) is 47.0 Å². The summed E-state index contributed by atoms with van der Waals surface area (Å²) in [5, 5.41) is 13.2. The predicted molar refractivity (Wildman–Crippen MR) is 110 cm³/mol. The van der Waals surface area contributed by atoms with Gasteiger partial charge in [0.2, 0.25) is 18.4 Å². The Morgan fingerprint density at radius 1 is 1.19 bits per heavy atom. The van der Waals surface area contributed by atoms with Gasteiger partial charge >= 0.3 is 0 Å². The second-order valence-corrected chi connectivity index (χ2v) is 9.49. The molecular weight excluding hydrogens is 424 g/mol. The number of benzene rings is 2. The third kappa shape index (κ3) is 3.90. The van der Waals surface area contributed by atoms with Gasteiger partial charge in [-0.05, 0) is 24.1 Å². The lowest BCUT2D eigenvalue weighted by molar-refractivity contribution is -0.120. The average molecular weight is 446 g/mol. The second-order valence-electron chi connectivity index (χ2n) is 7.38. The first kappa shape index (κ1) is 21.0. The lowest BCUT2D eigenvalue weighted by Crippen LogP contribution is -2.35. The highest BCUT2D eigenvalue weighted by Gasteiger charge is 2.35. The molecule has 0 atom stereocenters. The monoisotopic (exact) mass is 446 g/mol. The van der Waals surface area contributed by atoms with Crippen LogP contribution in [0.3, 0.4) is 0 Å². The Labute approximate surface area is 179 Å². The molecule has 0 spiro atoms. The summed E-state index contributed by atoms with van der Waals surface area (Å²) >= 11 is 0. The number of phenolic OH excluding ortho intramolecular Hbond substituents is 1. The molecule has 4 rings (SSSR count). The topological polar surface area (TPSA) is 122 Å². The van der Waals surface area contributed by atoms with E-state index < -0.39 is 15.7 Å². The van der Waals surface area contributed by atoms with Crippen LogP contribution in [0.4, 0.5) is 0 Å². The average Bonchev–Trinajstić information content (AvgIpc) is 3.25. The molecule has 0 bridgehead atoms. The van der Waals surface area contributed by atoms with E-state index in [0.29, 0.717) is 29.8 Å². The highest BCUT2D eigenvalue weighted by Crippen LogP contribution is 2.48. The number of rotatable bonds is 6. The van der Waals surface area contributed by atoms with Crippen molar-refractivity contribution in [3.8, 4) is 17.2 Å². The van der Waals surface area contributed by atoms with Crippen molar-refractivity contribution < 1.29 is 32.6 Å². The lowest BCUT2D eigenvalue weighted by Gasteiger charge is -2.28. The van der Waals surface area contributed by atoms with E-state index in [1.807, 2.05) is 0 Å². The molecule has 9 nitrogen and oxygen atoms in total. The second kappa shape index (κ2) is 8.10. The predicted octanol–water partition coefficient (Wildman–Crippen LogP) is 1.23. The van der Waals surface area contributed by atoms with Gasteiger partial charge < -0.3 is 24.8 Å². The fourth-order valence-corrected chi connectivity index (χ4v) is 5.00. The van der Waals surface area contributed by atoms with Crippen molar-refractivity contribution in [3.63, 3.8) is 0 Å². The number of likely N-dealkylation sites (N-methyl/N-ethyl adjacent to an activating group) is 1. The SMILES string of the molecule is CN1CCc2c(CNC(=O)CCS(=O)(=O)c3ccccc3)c3c(c(O)c2C1=O)OCO3.